The molecular weight excluding hydrogens is 282 g/mol. The fourth-order valence-corrected chi connectivity index (χ4v) is 1.81. The molecule has 0 spiro atoms. The van der Waals surface area contributed by atoms with E-state index in [4.69, 9.17) is 0 Å². The van der Waals surface area contributed by atoms with Crippen molar-refractivity contribution in [2.24, 2.45) is 0 Å². The Kier molecular flexibility index (Phi) is 3.58. The molecule has 0 atom stereocenters. The molecule has 1 amide bonds. The average Bonchev–Trinajstić information content (AvgIpc) is 2.76. The highest BCUT2D eigenvalue weighted by Crippen LogP contribution is 2.23. The van der Waals surface area contributed by atoms with Gasteiger partial charge in [0.1, 0.15) is 6.54 Å². The summed E-state index contributed by atoms with van der Waals surface area (Å²) in [5.41, 5.74) is 1.88. The third-order valence-corrected chi connectivity index (χ3v) is 2.95. The van der Waals surface area contributed by atoms with Gasteiger partial charge >= 0.3 is 0 Å². The number of rotatable bonds is 3. The number of carbonyl (C=O) groups is 1. The summed E-state index contributed by atoms with van der Waals surface area (Å²) in [7, 11) is 0. The largest absolute Gasteiger partial charge is 0.323 e. The molecule has 1 N–H and O–H groups in total. The van der Waals surface area contributed by atoms with Gasteiger partial charge in [-0.15, -0.1) is 0 Å². The van der Waals surface area contributed by atoms with Crippen LogP contribution in [0.4, 0.5) is 5.69 Å². The molecule has 5 heteroatoms. The summed E-state index contributed by atoms with van der Waals surface area (Å²) in [6, 6.07) is 7.60. The van der Waals surface area contributed by atoms with Crippen LogP contribution in [0.3, 0.4) is 0 Å². The van der Waals surface area contributed by atoms with Crippen LogP contribution < -0.4 is 5.32 Å². The number of nitrogens with zero attached hydrogens (tertiary/aromatic N) is 2. The zero-order chi connectivity index (χ0) is 12.3. The van der Waals surface area contributed by atoms with Gasteiger partial charge in [-0.05, 0) is 46.6 Å². The lowest BCUT2D eigenvalue weighted by molar-refractivity contribution is -0.116. The fourth-order valence-electron chi connectivity index (χ4n) is 1.47. The molecule has 1 aromatic carbocycles. The number of anilines is 1. The van der Waals surface area contributed by atoms with Gasteiger partial charge in [0.25, 0.3) is 0 Å². The van der Waals surface area contributed by atoms with Gasteiger partial charge in [-0.2, -0.15) is 5.10 Å². The number of aryl methyl sites for hydroxylation is 1. The average molecular weight is 294 g/mol. The summed E-state index contributed by atoms with van der Waals surface area (Å²) in [4.78, 5) is 11.8. The van der Waals surface area contributed by atoms with Crippen LogP contribution in [0, 0.1) is 6.92 Å². The van der Waals surface area contributed by atoms with Crippen LogP contribution in [0.2, 0.25) is 0 Å². The molecule has 0 fully saturated rings. The van der Waals surface area contributed by atoms with Crippen LogP contribution in [-0.4, -0.2) is 15.7 Å². The van der Waals surface area contributed by atoms with E-state index in [1.54, 1.807) is 23.1 Å². The Hall–Kier alpha value is -1.62. The van der Waals surface area contributed by atoms with E-state index in [1.165, 1.54) is 0 Å². The number of amides is 1. The van der Waals surface area contributed by atoms with E-state index >= 15 is 0 Å². The molecule has 2 aromatic rings. The molecule has 88 valence electrons. The maximum atomic E-state index is 11.8. The van der Waals surface area contributed by atoms with Gasteiger partial charge < -0.3 is 5.32 Å². The molecule has 2 rings (SSSR count). The Balaban J connectivity index is 2.05. The van der Waals surface area contributed by atoms with E-state index < -0.39 is 0 Å². The van der Waals surface area contributed by atoms with Gasteiger partial charge in [-0.1, -0.05) is 6.07 Å². The Morgan fingerprint density at radius 1 is 1.53 bits per heavy atom. The van der Waals surface area contributed by atoms with Gasteiger partial charge in [-0.25, -0.2) is 0 Å². The first-order valence-corrected chi connectivity index (χ1v) is 5.98. The van der Waals surface area contributed by atoms with Gasteiger partial charge in [0.05, 0.1) is 5.69 Å². The molecular formula is C12H12BrN3O. The zero-order valence-electron chi connectivity index (χ0n) is 9.35. The molecule has 0 unspecified atom stereocenters. The molecule has 0 aliphatic heterocycles. The first-order valence-electron chi connectivity index (χ1n) is 5.18. The molecule has 1 aromatic heterocycles. The lowest BCUT2D eigenvalue weighted by Crippen LogP contribution is -2.19. The third kappa shape index (κ3) is 3.17. The molecule has 0 saturated carbocycles. The van der Waals surface area contributed by atoms with Crippen molar-refractivity contribution in [3.63, 3.8) is 0 Å². The van der Waals surface area contributed by atoms with Crippen LogP contribution in [0.5, 0.6) is 0 Å². The minimum Gasteiger partial charge on any atom is -0.323 e. The Bertz CT molecular complexity index is 523. The Morgan fingerprint density at radius 2 is 2.35 bits per heavy atom. The highest BCUT2D eigenvalue weighted by molar-refractivity contribution is 9.10. The highest BCUT2D eigenvalue weighted by atomic mass is 79.9. The van der Waals surface area contributed by atoms with Crippen molar-refractivity contribution in [2.75, 3.05) is 5.32 Å². The van der Waals surface area contributed by atoms with E-state index in [0.29, 0.717) is 0 Å². The Labute approximate surface area is 108 Å². The van der Waals surface area contributed by atoms with Crippen molar-refractivity contribution in [1.29, 1.82) is 0 Å². The number of carbonyl (C=O) groups excluding carboxylic acids is 1. The van der Waals surface area contributed by atoms with Crippen LogP contribution in [0.1, 0.15) is 5.56 Å². The summed E-state index contributed by atoms with van der Waals surface area (Å²) in [6.45, 7) is 2.20. The summed E-state index contributed by atoms with van der Waals surface area (Å²) >= 11 is 3.40. The van der Waals surface area contributed by atoms with Crippen molar-refractivity contribution >= 4 is 27.5 Å². The first-order chi connectivity index (χ1) is 8.15. The molecule has 1 heterocycles. The van der Waals surface area contributed by atoms with Crippen LogP contribution in [-0.2, 0) is 11.3 Å². The summed E-state index contributed by atoms with van der Waals surface area (Å²) in [5.74, 6) is -0.0972. The molecule has 0 aliphatic rings. The smallest absolute Gasteiger partial charge is 0.246 e. The number of benzene rings is 1. The molecule has 0 saturated heterocycles. The lowest BCUT2D eigenvalue weighted by atomic mass is 10.2. The quantitative estimate of drug-likeness (QED) is 0.945. The van der Waals surface area contributed by atoms with E-state index in [2.05, 4.69) is 26.3 Å². The SMILES string of the molecule is Cc1ccc(Br)c(NC(=O)Cn2cccn2)c1. The molecule has 4 nitrogen and oxygen atoms in total. The molecule has 0 aliphatic carbocycles. The number of halogens is 1. The minimum atomic E-state index is -0.0972. The second-order valence-corrected chi connectivity index (χ2v) is 4.59. The highest BCUT2D eigenvalue weighted by Gasteiger charge is 2.06. The van der Waals surface area contributed by atoms with Crippen molar-refractivity contribution < 1.29 is 4.79 Å². The lowest BCUT2D eigenvalue weighted by Gasteiger charge is -2.08. The Morgan fingerprint density at radius 3 is 3.06 bits per heavy atom. The van der Waals surface area contributed by atoms with Crippen molar-refractivity contribution in [3.8, 4) is 0 Å². The molecule has 0 bridgehead atoms. The fraction of sp³-hybridized carbons (Fsp3) is 0.167. The standard InChI is InChI=1S/C12H12BrN3O/c1-9-3-4-10(13)11(7-9)15-12(17)8-16-6-2-5-14-16/h2-7H,8H2,1H3,(H,15,17). The summed E-state index contributed by atoms with van der Waals surface area (Å²) in [6.07, 6.45) is 3.40. The van der Waals surface area contributed by atoms with Gasteiger partial charge in [0, 0.05) is 16.9 Å². The van der Waals surface area contributed by atoms with Gasteiger partial charge in [-0.3, -0.25) is 9.48 Å². The van der Waals surface area contributed by atoms with Crippen LogP contribution in [0.25, 0.3) is 0 Å². The topological polar surface area (TPSA) is 46.9 Å². The summed E-state index contributed by atoms with van der Waals surface area (Å²) in [5, 5.41) is 6.82. The minimum absolute atomic E-state index is 0.0972. The van der Waals surface area contributed by atoms with E-state index in [-0.39, 0.29) is 12.5 Å². The van der Waals surface area contributed by atoms with Gasteiger partial charge in [0.2, 0.25) is 5.91 Å². The first kappa shape index (κ1) is 11.9. The maximum absolute atomic E-state index is 11.8. The maximum Gasteiger partial charge on any atom is 0.246 e. The number of nitrogens with one attached hydrogen (secondary N) is 1. The zero-order valence-corrected chi connectivity index (χ0v) is 10.9. The predicted octanol–water partition coefficient (Wildman–Crippen LogP) is 2.59. The van der Waals surface area contributed by atoms with E-state index in [9.17, 15) is 4.79 Å². The predicted molar refractivity (Wildman–Crippen MR) is 69.7 cm³/mol. The number of hydrogen-bond acceptors (Lipinski definition) is 2. The van der Waals surface area contributed by atoms with E-state index in [0.717, 1.165) is 15.7 Å². The monoisotopic (exact) mass is 293 g/mol. The van der Waals surface area contributed by atoms with Gasteiger partial charge in [0.15, 0.2) is 0 Å². The molecule has 0 radical (unpaired) electrons. The number of hydrogen-bond donors (Lipinski definition) is 1. The summed E-state index contributed by atoms with van der Waals surface area (Å²) < 4.78 is 2.45. The van der Waals surface area contributed by atoms with Crippen LogP contribution >= 0.6 is 15.9 Å². The normalized spacial score (nSPS) is 10.2. The van der Waals surface area contributed by atoms with Crippen LogP contribution in [0.15, 0.2) is 41.1 Å². The number of aromatic nitrogens is 2. The van der Waals surface area contributed by atoms with Crippen molar-refractivity contribution in [2.45, 2.75) is 13.5 Å². The van der Waals surface area contributed by atoms with Crippen molar-refractivity contribution in [3.05, 3.63) is 46.7 Å². The van der Waals surface area contributed by atoms with E-state index in [1.807, 2.05) is 25.1 Å². The van der Waals surface area contributed by atoms with Crippen molar-refractivity contribution in [1.82, 2.24) is 9.78 Å². The second kappa shape index (κ2) is 5.14. The second-order valence-electron chi connectivity index (χ2n) is 3.74. The molecule has 17 heavy (non-hydrogen) atoms. The third-order valence-electron chi connectivity index (χ3n) is 2.26.